The van der Waals surface area contributed by atoms with Crippen LogP contribution in [0.25, 0.3) is 0 Å². The van der Waals surface area contributed by atoms with E-state index in [1.165, 1.54) is 12.1 Å². The Bertz CT molecular complexity index is 621. The molecule has 3 N–H and O–H groups in total. The van der Waals surface area contributed by atoms with Crippen LogP contribution in [0.5, 0.6) is 5.75 Å². The quantitative estimate of drug-likeness (QED) is 0.650. The molecule has 0 saturated heterocycles. The second kappa shape index (κ2) is 5.09. The maximum absolute atomic E-state index is 13.7. The van der Waals surface area contributed by atoms with Crippen LogP contribution in [0.3, 0.4) is 0 Å². The van der Waals surface area contributed by atoms with Crippen molar-refractivity contribution in [1.82, 2.24) is 9.78 Å². The number of hydrogen-bond donors (Lipinski definition) is 2. The summed E-state index contributed by atoms with van der Waals surface area (Å²) in [6.45, 7) is 2.11. The molecule has 100 valence electrons. The molecule has 19 heavy (non-hydrogen) atoms. The molecule has 6 heteroatoms. The molecule has 0 aliphatic heterocycles. The summed E-state index contributed by atoms with van der Waals surface area (Å²) in [5, 5.41) is 11.4. The molecule has 0 atom stereocenters. The Morgan fingerprint density at radius 1 is 1.47 bits per heavy atom. The van der Waals surface area contributed by atoms with Crippen LogP contribution in [-0.2, 0) is 13.7 Å². The van der Waals surface area contributed by atoms with Gasteiger partial charge < -0.3 is 10.5 Å². The van der Waals surface area contributed by atoms with Gasteiger partial charge in [0.2, 0.25) is 0 Å². The Morgan fingerprint density at radius 3 is 2.74 bits per heavy atom. The second-order valence-electron chi connectivity index (χ2n) is 4.25. The fourth-order valence-electron chi connectivity index (χ4n) is 1.74. The number of amidine groups is 1. The molecule has 2 rings (SSSR count). The molecule has 0 unspecified atom stereocenters. The molecule has 0 radical (unpaired) electrons. The molecule has 0 bridgehead atoms. The first-order chi connectivity index (χ1) is 8.97. The molecule has 1 aromatic heterocycles. The van der Waals surface area contributed by atoms with E-state index in [0.29, 0.717) is 5.56 Å². The first-order valence-electron chi connectivity index (χ1n) is 5.73. The van der Waals surface area contributed by atoms with E-state index in [-0.39, 0.29) is 18.2 Å². The van der Waals surface area contributed by atoms with E-state index < -0.39 is 5.82 Å². The van der Waals surface area contributed by atoms with Crippen LogP contribution in [0.2, 0.25) is 0 Å². The number of hydrogen-bond acceptors (Lipinski definition) is 3. The summed E-state index contributed by atoms with van der Waals surface area (Å²) in [6, 6.07) is 6.08. The molecule has 1 heterocycles. The summed E-state index contributed by atoms with van der Waals surface area (Å²) in [7, 11) is 1.81. The van der Waals surface area contributed by atoms with Crippen molar-refractivity contribution in [1.29, 1.82) is 5.41 Å². The van der Waals surface area contributed by atoms with Crippen LogP contribution in [0.15, 0.2) is 24.3 Å². The van der Waals surface area contributed by atoms with E-state index >= 15 is 0 Å². The highest BCUT2D eigenvalue weighted by molar-refractivity contribution is 5.95. The third kappa shape index (κ3) is 2.90. The molecular weight excluding hydrogens is 247 g/mol. The number of halogens is 1. The van der Waals surface area contributed by atoms with Gasteiger partial charge in [-0.15, -0.1) is 0 Å². The average Bonchev–Trinajstić information content (AvgIpc) is 2.66. The lowest BCUT2D eigenvalue weighted by atomic mass is 10.2. The van der Waals surface area contributed by atoms with Crippen LogP contribution in [0.1, 0.15) is 17.0 Å². The zero-order valence-electron chi connectivity index (χ0n) is 10.8. The van der Waals surface area contributed by atoms with Gasteiger partial charge in [0, 0.05) is 12.6 Å². The number of aryl methyl sites for hydroxylation is 2. The van der Waals surface area contributed by atoms with Crippen LogP contribution in [0, 0.1) is 18.2 Å². The first-order valence-corrected chi connectivity index (χ1v) is 5.73. The third-order valence-electron chi connectivity index (χ3n) is 2.72. The molecule has 0 aliphatic rings. The summed E-state index contributed by atoms with van der Waals surface area (Å²) in [4.78, 5) is 0. The minimum Gasteiger partial charge on any atom is -0.484 e. The average molecular weight is 262 g/mol. The number of aromatic nitrogens is 2. The Hall–Kier alpha value is -2.37. The zero-order chi connectivity index (χ0) is 14.0. The number of ether oxygens (including phenoxy) is 1. The van der Waals surface area contributed by atoms with Crippen LogP contribution in [-0.4, -0.2) is 15.6 Å². The van der Waals surface area contributed by atoms with E-state index in [1.54, 1.807) is 17.8 Å². The van der Waals surface area contributed by atoms with Gasteiger partial charge in [-0.1, -0.05) is 0 Å². The van der Waals surface area contributed by atoms with Crippen molar-refractivity contribution in [2.45, 2.75) is 13.5 Å². The van der Waals surface area contributed by atoms with E-state index in [9.17, 15) is 4.39 Å². The largest absolute Gasteiger partial charge is 0.484 e. The molecule has 0 spiro atoms. The van der Waals surface area contributed by atoms with E-state index in [0.717, 1.165) is 11.4 Å². The Kier molecular flexibility index (Phi) is 3.50. The fraction of sp³-hybridized carbons (Fsp3) is 0.231. The summed E-state index contributed by atoms with van der Waals surface area (Å²) in [6.07, 6.45) is 0. The van der Waals surface area contributed by atoms with E-state index in [2.05, 4.69) is 5.10 Å². The van der Waals surface area contributed by atoms with Crippen molar-refractivity contribution in [3.63, 3.8) is 0 Å². The molecule has 2 aromatic rings. The van der Waals surface area contributed by atoms with Gasteiger partial charge in [-0.3, -0.25) is 10.1 Å². The van der Waals surface area contributed by atoms with Crippen molar-refractivity contribution >= 4 is 5.84 Å². The summed E-state index contributed by atoms with van der Waals surface area (Å²) >= 11 is 0. The van der Waals surface area contributed by atoms with Gasteiger partial charge in [0.1, 0.15) is 12.4 Å². The highest BCUT2D eigenvalue weighted by Gasteiger charge is 2.08. The number of nitrogen functional groups attached to an aromatic ring is 1. The van der Waals surface area contributed by atoms with Gasteiger partial charge in [-0.25, -0.2) is 4.39 Å². The predicted molar refractivity (Wildman–Crippen MR) is 69.7 cm³/mol. The van der Waals surface area contributed by atoms with Crippen molar-refractivity contribution in [3.05, 3.63) is 47.0 Å². The number of benzene rings is 1. The summed E-state index contributed by atoms with van der Waals surface area (Å²) in [5.74, 6) is -0.580. The lowest BCUT2D eigenvalue weighted by molar-refractivity contribution is 0.280. The van der Waals surface area contributed by atoms with Crippen molar-refractivity contribution < 1.29 is 9.13 Å². The van der Waals surface area contributed by atoms with E-state index in [1.807, 2.05) is 13.0 Å². The SMILES string of the molecule is Cc1cc(COc2ccc(C(=N)N)cc2F)n(C)n1. The van der Waals surface area contributed by atoms with Crippen LogP contribution >= 0.6 is 0 Å². The monoisotopic (exact) mass is 262 g/mol. The molecule has 0 saturated carbocycles. The number of nitrogens with two attached hydrogens (primary N) is 1. The van der Waals surface area contributed by atoms with E-state index in [4.69, 9.17) is 15.9 Å². The normalized spacial score (nSPS) is 10.5. The first kappa shape index (κ1) is 13.1. The van der Waals surface area contributed by atoms with Crippen molar-refractivity contribution in [2.24, 2.45) is 12.8 Å². The highest BCUT2D eigenvalue weighted by Crippen LogP contribution is 2.19. The number of nitrogens with one attached hydrogen (secondary N) is 1. The smallest absolute Gasteiger partial charge is 0.165 e. The van der Waals surface area contributed by atoms with Gasteiger partial charge >= 0.3 is 0 Å². The minimum atomic E-state index is -0.536. The maximum Gasteiger partial charge on any atom is 0.165 e. The Labute approximate surface area is 110 Å². The summed E-state index contributed by atoms with van der Waals surface area (Å²) in [5.41, 5.74) is 7.36. The standard InChI is InChI=1S/C13H15FN4O/c1-8-5-10(18(2)17-8)7-19-12-4-3-9(13(15)16)6-11(12)14/h3-6H,7H2,1-2H3,(H3,15,16). The van der Waals surface area contributed by atoms with Gasteiger partial charge in [-0.2, -0.15) is 5.10 Å². The second-order valence-corrected chi connectivity index (χ2v) is 4.25. The van der Waals surface area contributed by atoms with Gasteiger partial charge in [-0.05, 0) is 31.2 Å². The third-order valence-corrected chi connectivity index (χ3v) is 2.72. The van der Waals surface area contributed by atoms with Crippen molar-refractivity contribution in [3.8, 4) is 5.75 Å². The highest BCUT2D eigenvalue weighted by atomic mass is 19.1. The molecular formula is C13H15FN4O. The zero-order valence-corrected chi connectivity index (χ0v) is 10.8. The molecule has 1 aromatic carbocycles. The van der Waals surface area contributed by atoms with Crippen LogP contribution in [0.4, 0.5) is 4.39 Å². The molecule has 0 fully saturated rings. The molecule has 0 amide bonds. The Morgan fingerprint density at radius 2 is 2.21 bits per heavy atom. The topological polar surface area (TPSA) is 76.9 Å². The molecule has 5 nitrogen and oxygen atoms in total. The lowest BCUT2D eigenvalue weighted by Crippen LogP contribution is -2.11. The van der Waals surface area contributed by atoms with Gasteiger partial charge in [0.25, 0.3) is 0 Å². The number of rotatable bonds is 4. The number of nitrogens with zero attached hydrogens (tertiary/aromatic N) is 2. The predicted octanol–water partition coefficient (Wildman–Crippen LogP) is 1.73. The molecule has 0 aliphatic carbocycles. The lowest BCUT2D eigenvalue weighted by Gasteiger charge is -2.08. The fourth-order valence-corrected chi connectivity index (χ4v) is 1.74. The van der Waals surface area contributed by atoms with Crippen molar-refractivity contribution in [2.75, 3.05) is 0 Å². The van der Waals surface area contributed by atoms with Gasteiger partial charge in [0.15, 0.2) is 11.6 Å². The maximum atomic E-state index is 13.7. The van der Waals surface area contributed by atoms with Gasteiger partial charge in [0.05, 0.1) is 11.4 Å². The minimum absolute atomic E-state index is 0.129. The summed E-state index contributed by atoms with van der Waals surface area (Å²) < 4.78 is 20.8. The van der Waals surface area contributed by atoms with Crippen LogP contribution < -0.4 is 10.5 Å². The Balaban J connectivity index is 2.12.